The summed E-state index contributed by atoms with van der Waals surface area (Å²) in [6, 6.07) is 5.14. The van der Waals surface area contributed by atoms with Crippen molar-refractivity contribution >= 4 is 17.5 Å². The van der Waals surface area contributed by atoms with Crippen molar-refractivity contribution in [3.8, 4) is 5.75 Å². The number of likely N-dealkylation sites (tertiary alicyclic amines) is 1. The van der Waals surface area contributed by atoms with Crippen LogP contribution >= 0.6 is 0 Å². The topological polar surface area (TPSA) is 67.9 Å². The first-order valence-electron chi connectivity index (χ1n) is 8.86. The molecule has 6 nitrogen and oxygen atoms in total. The number of rotatable bonds is 8. The number of nitrogens with one attached hydrogen (secondary N) is 1. The van der Waals surface area contributed by atoms with Gasteiger partial charge in [-0.15, -0.1) is 0 Å². The standard InChI is InChI=1S/C19H28N2O4/c1-14(2)13-25-11-8-18(22)20-16-12-15(6-7-17(16)24-3)19(23)21-9-4-5-10-21/h6-7,12,14H,4-5,8-11,13H2,1-3H3,(H,20,22). The summed E-state index contributed by atoms with van der Waals surface area (Å²) in [6.07, 6.45) is 2.35. The molecule has 1 heterocycles. The van der Waals surface area contributed by atoms with Crippen molar-refractivity contribution in [3.63, 3.8) is 0 Å². The van der Waals surface area contributed by atoms with Gasteiger partial charge in [0.2, 0.25) is 5.91 Å². The average Bonchev–Trinajstić information content (AvgIpc) is 3.12. The maximum atomic E-state index is 12.5. The zero-order chi connectivity index (χ0) is 18.2. The Balaban J connectivity index is 1.99. The molecule has 1 fully saturated rings. The van der Waals surface area contributed by atoms with Gasteiger partial charge in [0.15, 0.2) is 0 Å². The predicted molar refractivity (Wildman–Crippen MR) is 97.0 cm³/mol. The summed E-state index contributed by atoms with van der Waals surface area (Å²) >= 11 is 0. The molecule has 0 bridgehead atoms. The van der Waals surface area contributed by atoms with E-state index in [9.17, 15) is 9.59 Å². The SMILES string of the molecule is COc1ccc(C(=O)N2CCCC2)cc1NC(=O)CCOCC(C)C. The number of hydrogen-bond acceptors (Lipinski definition) is 4. The van der Waals surface area contributed by atoms with E-state index in [0.29, 0.717) is 36.1 Å². The van der Waals surface area contributed by atoms with Gasteiger partial charge >= 0.3 is 0 Å². The lowest BCUT2D eigenvalue weighted by molar-refractivity contribution is -0.117. The minimum atomic E-state index is -0.159. The maximum absolute atomic E-state index is 12.5. The zero-order valence-corrected chi connectivity index (χ0v) is 15.3. The van der Waals surface area contributed by atoms with Crippen molar-refractivity contribution in [3.05, 3.63) is 23.8 Å². The van der Waals surface area contributed by atoms with Crippen molar-refractivity contribution in [2.45, 2.75) is 33.1 Å². The van der Waals surface area contributed by atoms with Gasteiger partial charge in [-0.25, -0.2) is 0 Å². The summed E-state index contributed by atoms with van der Waals surface area (Å²) in [7, 11) is 1.54. The molecule has 25 heavy (non-hydrogen) atoms. The van der Waals surface area contributed by atoms with Crippen LogP contribution < -0.4 is 10.1 Å². The number of methoxy groups -OCH3 is 1. The quantitative estimate of drug-likeness (QED) is 0.734. The molecule has 1 aromatic carbocycles. The van der Waals surface area contributed by atoms with Gasteiger partial charge in [-0.1, -0.05) is 13.8 Å². The molecular weight excluding hydrogens is 320 g/mol. The van der Waals surface area contributed by atoms with E-state index >= 15 is 0 Å². The molecular formula is C19H28N2O4. The molecule has 1 saturated heterocycles. The van der Waals surface area contributed by atoms with Crippen LogP contribution in [0.15, 0.2) is 18.2 Å². The Labute approximate surface area is 149 Å². The molecule has 0 radical (unpaired) electrons. The highest BCUT2D eigenvalue weighted by Gasteiger charge is 2.20. The molecule has 2 amide bonds. The van der Waals surface area contributed by atoms with Crippen molar-refractivity contribution in [2.75, 3.05) is 38.7 Å². The lowest BCUT2D eigenvalue weighted by Gasteiger charge is -2.17. The van der Waals surface area contributed by atoms with Crippen molar-refractivity contribution in [2.24, 2.45) is 5.92 Å². The van der Waals surface area contributed by atoms with E-state index in [1.165, 1.54) is 0 Å². The third-order valence-corrected chi connectivity index (χ3v) is 4.04. The second-order valence-corrected chi connectivity index (χ2v) is 6.68. The molecule has 0 spiro atoms. The molecule has 138 valence electrons. The highest BCUT2D eigenvalue weighted by molar-refractivity contribution is 5.98. The van der Waals surface area contributed by atoms with Gasteiger partial charge in [-0.3, -0.25) is 9.59 Å². The molecule has 0 aliphatic carbocycles. The van der Waals surface area contributed by atoms with Crippen LogP contribution in [-0.4, -0.2) is 50.1 Å². The molecule has 1 aliphatic rings. The lowest BCUT2D eigenvalue weighted by Crippen LogP contribution is -2.27. The number of nitrogens with zero attached hydrogens (tertiary/aromatic N) is 1. The van der Waals surface area contributed by atoms with Crippen LogP contribution in [0.5, 0.6) is 5.75 Å². The molecule has 0 unspecified atom stereocenters. The number of amides is 2. The molecule has 1 aromatic rings. The summed E-state index contributed by atoms with van der Waals surface area (Å²) in [5, 5.41) is 2.82. The monoisotopic (exact) mass is 348 g/mol. The number of benzene rings is 1. The van der Waals surface area contributed by atoms with Gasteiger partial charge in [0.25, 0.3) is 5.91 Å². The smallest absolute Gasteiger partial charge is 0.253 e. The fourth-order valence-electron chi connectivity index (χ4n) is 2.74. The van der Waals surface area contributed by atoms with Crippen molar-refractivity contribution in [1.82, 2.24) is 4.90 Å². The first kappa shape index (κ1) is 19.2. The Bertz CT molecular complexity index is 595. The average molecular weight is 348 g/mol. The first-order valence-corrected chi connectivity index (χ1v) is 8.86. The number of anilines is 1. The normalized spacial score (nSPS) is 14.0. The summed E-state index contributed by atoms with van der Waals surface area (Å²) in [5.41, 5.74) is 1.08. The molecule has 2 rings (SSSR count). The number of ether oxygens (including phenoxy) is 2. The van der Waals surface area contributed by atoms with E-state index in [1.807, 2.05) is 4.90 Å². The molecule has 0 atom stereocenters. The second kappa shape index (κ2) is 9.42. The molecule has 0 aromatic heterocycles. The van der Waals surface area contributed by atoms with Gasteiger partial charge < -0.3 is 19.7 Å². The van der Waals surface area contributed by atoms with E-state index in [-0.39, 0.29) is 18.2 Å². The predicted octanol–water partition coefficient (Wildman–Crippen LogP) is 2.93. The Morgan fingerprint density at radius 1 is 1.24 bits per heavy atom. The van der Waals surface area contributed by atoms with Crippen LogP contribution in [0.3, 0.4) is 0 Å². The van der Waals surface area contributed by atoms with Crippen LogP contribution in [0.25, 0.3) is 0 Å². The Kier molecular flexibility index (Phi) is 7.25. The van der Waals surface area contributed by atoms with Gasteiger partial charge in [-0.05, 0) is 37.0 Å². The Morgan fingerprint density at radius 3 is 2.60 bits per heavy atom. The van der Waals surface area contributed by atoms with E-state index in [1.54, 1.807) is 25.3 Å². The summed E-state index contributed by atoms with van der Waals surface area (Å²) < 4.78 is 10.7. The van der Waals surface area contributed by atoms with Gasteiger partial charge in [0, 0.05) is 25.3 Å². The highest BCUT2D eigenvalue weighted by atomic mass is 16.5. The van der Waals surface area contributed by atoms with E-state index in [0.717, 1.165) is 25.9 Å². The zero-order valence-electron chi connectivity index (χ0n) is 15.3. The van der Waals surface area contributed by atoms with Crippen LogP contribution in [0.2, 0.25) is 0 Å². The van der Waals surface area contributed by atoms with Crippen LogP contribution in [0.1, 0.15) is 43.5 Å². The molecule has 0 saturated carbocycles. The van der Waals surface area contributed by atoms with E-state index in [2.05, 4.69) is 19.2 Å². The minimum absolute atomic E-state index is 0.00378. The van der Waals surface area contributed by atoms with E-state index in [4.69, 9.17) is 9.47 Å². The van der Waals surface area contributed by atoms with E-state index < -0.39 is 0 Å². The Morgan fingerprint density at radius 2 is 1.96 bits per heavy atom. The molecule has 1 aliphatic heterocycles. The highest BCUT2D eigenvalue weighted by Crippen LogP contribution is 2.27. The number of hydrogen-bond donors (Lipinski definition) is 1. The molecule has 6 heteroatoms. The first-order chi connectivity index (χ1) is 12.0. The molecule has 1 N–H and O–H groups in total. The Hall–Kier alpha value is -2.08. The fraction of sp³-hybridized carbons (Fsp3) is 0.579. The fourth-order valence-corrected chi connectivity index (χ4v) is 2.74. The van der Waals surface area contributed by atoms with Gasteiger partial charge in [-0.2, -0.15) is 0 Å². The largest absolute Gasteiger partial charge is 0.495 e. The lowest BCUT2D eigenvalue weighted by atomic mass is 10.1. The van der Waals surface area contributed by atoms with Gasteiger partial charge in [0.05, 0.1) is 25.8 Å². The van der Waals surface area contributed by atoms with Gasteiger partial charge in [0.1, 0.15) is 5.75 Å². The van der Waals surface area contributed by atoms with Crippen LogP contribution in [0.4, 0.5) is 5.69 Å². The minimum Gasteiger partial charge on any atom is -0.495 e. The van der Waals surface area contributed by atoms with Crippen molar-refractivity contribution in [1.29, 1.82) is 0 Å². The van der Waals surface area contributed by atoms with Crippen LogP contribution in [0, 0.1) is 5.92 Å². The maximum Gasteiger partial charge on any atom is 0.253 e. The number of carbonyl (C=O) groups is 2. The van der Waals surface area contributed by atoms with Crippen molar-refractivity contribution < 1.29 is 19.1 Å². The van der Waals surface area contributed by atoms with Crippen LogP contribution in [-0.2, 0) is 9.53 Å². The third kappa shape index (κ3) is 5.74. The number of carbonyl (C=O) groups excluding carboxylic acids is 2. The second-order valence-electron chi connectivity index (χ2n) is 6.68. The summed E-state index contributed by atoms with van der Waals surface area (Å²) in [5.74, 6) is 0.814. The third-order valence-electron chi connectivity index (χ3n) is 4.04. The summed E-state index contributed by atoms with van der Waals surface area (Å²) in [6.45, 7) is 6.72. The summed E-state index contributed by atoms with van der Waals surface area (Å²) in [4.78, 5) is 26.5.